The molecule has 0 saturated carbocycles. The summed E-state index contributed by atoms with van der Waals surface area (Å²) in [6.07, 6.45) is 0. The van der Waals surface area contributed by atoms with Crippen molar-refractivity contribution in [2.45, 2.75) is 21.0 Å². The van der Waals surface area contributed by atoms with Gasteiger partial charge in [0.05, 0.1) is 22.3 Å². The Morgan fingerprint density at radius 1 is 0.727 bits per heavy atom. The first-order chi connectivity index (χ1) is 10.8. The minimum atomic E-state index is 0.101. The monoisotopic (exact) mass is 362 g/mol. The van der Waals surface area contributed by atoms with Crippen molar-refractivity contribution in [1.82, 2.24) is 0 Å². The fraction of sp³-hybridized carbons (Fsp3) is 0.375. The predicted molar refractivity (Wildman–Crippen MR) is 92.5 cm³/mol. The molecule has 4 aliphatic rings. The van der Waals surface area contributed by atoms with E-state index in [4.69, 9.17) is 0 Å². The molecule has 0 radical (unpaired) electrons. The lowest BCUT2D eigenvalue weighted by molar-refractivity contribution is 0.0910. The van der Waals surface area contributed by atoms with Crippen LogP contribution in [0.2, 0.25) is 0 Å². The first-order valence-electron chi connectivity index (χ1n) is 7.30. The molecule has 0 amide bonds. The lowest BCUT2D eigenvalue weighted by Gasteiger charge is -2.15. The number of hydrogen-bond acceptors (Lipinski definition) is 6. The van der Waals surface area contributed by atoms with Crippen molar-refractivity contribution in [1.29, 1.82) is 0 Å². The van der Waals surface area contributed by atoms with Gasteiger partial charge in [-0.3, -0.25) is 9.59 Å². The molecule has 0 aromatic carbocycles. The SMILES string of the molecule is O=C1c2ccsc2C2SC3C(SC4c5sccc5C(=O)C43)C12. The average molecular weight is 363 g/mol. The highest BCUT2D eigenvalue weighted by Gasteiger charge is 2.64. The molecule has 6 unspecified atom stereocenters. The summed E-state index contributed by atoms with van der Waals surface area (Å²) < 4.78 is 0. The molecule has 0 bridgehead atoms. The number of fused-ring (bicyclic) bond motifs is 9. The van der Waals surface area contributed by atoms with Gasteiger partial charge >= 0.3 is 0 Å². The smallest absolute Gasteiger partial charge is 0.169 e. The zero-order valence-corrected chi connectivity index (χ0v) is 14.5. The molecule has 6 heteroatoms. The predicted octanol–water partition coefficient (Wildman–Crippen LogP) is 4.45. The fourth-order valence-electron chi connectivity index (χ4n) is 4.46. The average Bonchev–Trinajstić information content (AvgIpc) is 3.25. The van der Waals surface area contributed by atoms with Crippen LogP contribution in [0.15, 0.2) is 22.9 Å². The van der Waals surface area contributed by atoms with Gasteiger partial charge in [0.2, 0.25) is 0 Å². The number of thiophene rings is 2. The molecule has 6 atom stereocenters. The lowest BCUT2D eigenvalue weighted by atomic mass is 9.91. The molecule has 2 nitrogen and oxygen atoms in total. The Kier molecular flexibility index (Phi) is 2.38. The Hall–Kier alpha value is -0.560. The van der Waals surface area contributed by atoms with E-state index in [0.29, 0.717) is 32.6 Å². The molecule has 110 valence electrons. The standard InChI is InChI=1S/C16H10O2S4/c17-9-5-1-3-19-11(5)13-7(9)15-16(21-13)8-10(18)6-2-4-20-12(6)14(8)22-15/h1-4,7-8,13-16H. The van der Waals surface area contributed by atoms with Crippen LogP contribution in [0.3, 0.4) is 0 Å². The van der Waals surface area contributed by atoms with Crippen molar-refractivity contribution >= 4 is 57.8 Å². The maximum atomic E-state index is 12.8. The van der Waals surface area contributed by atoms with Crippen LogP contribution in [0.5, 0.6) is 0 Å². The van der Waals surface area contributed by atoms with E-state index in [9.17, 15) is 9.59 Å². The van der Waals surface area contributed by atoms with Gasteiger partial charge in [0.15, 0.2) is 11.6 Å². The number of thioether (sulfide) groups is 2. The summed E-state index contributed by atoms with van der Waals surface area (Å²) in [5.41, 5.74) is 1.90. The van der Waals surface area contributed by atoms with E-state index < -0.39 is 0 Å². The van der Waals surface area contributed by atoms with E-state index in [-0.39, 0.29) is 11.8 Å². The van der Waals surface area contributed by atoms with Crippen LogP contribution in [0.25, 0.3) is 0 Å². The van der Waals surface area contributed by atoms with Crippen molar-refractivity contribution in [3.05, 3.63) is 43.8 Å². The number of carbonyl (C=O) groups is 2. The van der Waals surface area contributed by atoms with Gasteiger partial charge in [-0.1, -0.05) is 0 Å². The van der Waals surface area contributed by atoms with Crippen LogP contribution >= 0.6 is 46.2 Å². The van der Waals surface area contributed by atoms with Crippen molar-refractivity contribution in [3.8, 4) is 0 Å². The molecule has 2 saturated heterocycles. The Balaban J connectivity index is 1.45. The summed E-state index contributed by atoms with van der Waals surface area (Å²) in [4.78, 5) is 28.1. The van der Waals surface area contributed by atoms with Crippen LogP contribution in [0, 0.1) is 11.8 Å². The van der Waals surface area contributed by atoms with Crippen LogP contribution < -0.4 is 0 Å². The van der Waals surface area contributed by atoms with E-state index >= 15 is 0 Å². The van der Waals surface area contributed by atoms with Crippen molar-refractivity contribution in [2.24, 2.45) is 11.8 Å². The molecular formula is C16H10O2S4. The summed E-state index contributed by atoms with van der Waals surface area (Å²) in [5, 5.41) is 5.30. The highest BCUT2D eigenvalue weighted by molar-refractivity contribution is 8.06. The highest BCUT2D eigenvalue weighted by Crippen LogP contribution is 2.70. The normalized spacial score (nSPS) is 40.5. The maximum absolute atomic E-state index is 12.8. The molecule has 6 rings (SSSR count). The van der Waals surface area contributed by atoms with E-state index in [1.807, 2.05) is 46.4 Å². The second kappa shape index (κ2) is 4.09. The van der Waals surface area contributed by atoms with E-state index in [0.717, 1.165) is 11.1 Å². The highest BCUT2D eigenvalue weighted by atomic mass is 32.2. The summed E-state index contributed by atoms with van der Waals surface area (Å²) in [6, 6.07) is 3.97. The zero-order valence-electron chi connectivity index (χ0n) is 11.2. The molecule has 2 aromatic heterocycles. The van der Waals surface area contributed by atoms with Crippen LogP contribution in [-0.2, 0) is 0 Å². The Morgan fingerprint density at radius 2 is 1.18 bits per heavy atom. The molecule has 0 N–H and O–H groups in total. The summed E-state index contributed by atoms with van der Waals surface area (Å²) in [7, 11) is 0. The van der Waals surface area contributed by atoms with Gasteiger partial charge in [0, 0.05) is 31.4 Å². The Morgan fingerprint density at radius 3 is 1.64 bits per heavy atom. The van der Waals surface area contributed by atoms with Gasteiger partial charge in [-0.05, 0) is 22.9 Å². The first-order valence-corrected chi connectivity index (χ1v) is 10.9. The van der Waals surface area contributed by atoms with Crippen LogP contribution in [0.1, 0.15) is 41.0 Å². The van der Waals surface area contributed by atoms with Crippen molar-refractivity contribution in [2.75, 3.05) is 0 Å². The third-order valence-electron chi connectivity index (χ3n) is 5.34. The Bertz CT molecular complexity index is 780. The maximum Gasteiger partial charge on any atom is 0.169 e. The van der Waals surface area contributed by atoms with Crippen LogP contribution in [-0.4, -0.2) is 22.1 Å². The quantitative estimate of drug-likeness (QED) is 0.693. The van der Waals surface area contributed by atoms with Gasteiger partial charge in [0.1, 0.15) is 0 Å². The second-order valence-electron chi connectivity index (χ2n) is 6.22. The minimum absolute atomic E-state index is 0.101. The lowest BCUT2D eigenvalue weighted by Crippen LogP contribution is -2.28. The van der Waals surface area contributed by atoms with E-state index in [2.05, 4.69) is 0 Å². The van der Waals surface area contributed by atoms with Gasteiger partial charge in [-0.25, -0.2) is 0 Å². The van der Waals surface area contributed by atoms with Gasteiger partial charge in [-0.2, -0.15) is 0 Å². The number of rotatable bonds is 0. The summed E-state index contributed by atoms with van der Waals surface area (Å²) in [5.74, 6) is 0.855. The van der Waals surface area contributed by atoms with E-state index in [1.165, 1.54) is 9.75 Å². The largest absolute Gasteiger partial charge is 0.294 e. The van der Waals surface area contributed by atoms with Crippen molar-refractivity contribution in [3.63, 3.8) is 0 Å². The molecule has 2 fully saturated rings. The fourth-order valence-corrected chi connectivity index (χ4v) is 11.2. The summed E-state index contributed by atoms with van der Waals surface area (Å²) in [6.45, 7) is 0. The Labute approximate surface area is 143 Å². The van der Waals surface area contributed by atoms with Crippen LogP contribution in [0.4, 0.5) is 0 Å². The molecule has 2 aliphatic carbocycles. The molecule has 2 aromatic rings. The minimum Gasteiger partial charge on any atom is -0.294 e. The van der Waals surface area contributed by atoms with Gasteiger partial charge < -0.3 is 0 Å². The molecule has 4 heterocycles. The molecular weight excluding hydrogens is 352 g/mol. The topological polar surface area (TPSA) is 34.1 Å². The molecule has 22 heavy (non-hydrogen) atoms. The van der Waals surface area contributed by atoms with Gasteiger partial charge in [-0.15, -0.1) is 46.2 Å². The number of hydrogen-bond donors (Lipinski definition) is 0. The van der Waals surface area contributed by atoms with Crippen molar-refractivity contribution < 1.29 is 9.59 Å². The number of ketones is 2. The third-order valence-corrected chi connectivity index (χ3v) is 11.3. The second-order valence-corrected chi connectivity index (χ2v) is 10.8. The van der Waals surface area contributed by atoms with E-state index in [1.54, 1.807) is 22.7 Å². The molecule has 0 spiro atoms. The first kappa shape index (κ1) is 12.8. The molecule has 2 aliphatic heterocycles. The third kappa shape index (κ3) is 1.30. The number of carbonyl (C=O) groups excluding carboxylic acids is 2. The zero-order chi connectivity index (χ0) is 14.6. The summed E-state index contributed by atoms with van der Waals surface area (Å²) >= 11 is 7.24. The van der Waals surface area contributed by atoms with Gasteiger partial charge in [0.25, 0.3) is 0 Å². The number of Topliss-reactive ketones (excluding diaryl/α,β-unsaturated/α-hetero) is 2.